The van der Waals surface area contributed by atoms with Gasteiger partial charge in [0.25, 0.3) is 0 Å². The van der Waals surface area contributed by atoms with Crippen molar-refractivity contribution in [3.8, 4) is 0 Å². The summed E-state index contributed by atoms with van der Waals surface area (Å²) in [6, 6.07) is 10.5. The quantitative estimate of drug-likeness (QED) is 0.855. The number of para-hydroxylation sites is 1. The molecule has 106 valence electrons. The average molecular weight is 284 g/mol. The number of anilines is 1. The molecule has 1 saturated heterocycles. The van der Waals surface area contributed by atoms with E-state index >= 15 is 0 Å². The van der Waals surface area contributed by atoms with E-state index in [-0.39, 0.29) is 30.3 Å². The van der Waals surface area contributed by atoms with Crippen LogP contribution in [0.1, 0.15) is 6.92 Å². The van der Waals surface area contributed by atoms with Crippen LogP contribution < -0.4 is 15.5 Å². The summed E-state index contributed by atoms with van der Waals surface area (Å²) in [6.07, 6.45) is 0. The summed E-state index contributed by atoms with van der Waals surface area (Å²) in [4.78, 5) is 13.9. The van der Waals surface area contributed by atoms with Crippen molar-refractivity contribution in [2.24, 2.45) is 5.92 Å². The Labute approximate surface area is 121 Å². The zero-order valence-electron chi connectivity index (χ0n) is 11.4. The van der Waals surface area contributed by atoms with E-state index < -0.39 is 0 Å². The first kappa shape index (κ1) is 15.8. The molecule has 0 saturated carbocycles. The molecule has 2 N–H and O–H groups in total. The van der Waals surface area contributed by atoms with E-state index in [1.54, 1.807) is 0 Å². The van der Waals surface area contributed by atoms with Gasteiger partial charge in [0, 0.05) is 38.4 Å². The molecule has 0 bridgehead atoms. The molecule has 1 aliphatic rings. The number of halogens is 1. The fraction of sp³-hybridized carbons (Fsp3) is 0.500. The third kappa shape index (κ3) is 4.11. The molecule has 0 aliphatic carbocycles. The van der Waals surface area contributed by atoms with Gasteiger partial charge in [0.15, 0.2) is 0 Å². The Balaban J connectivity index is 0.00000180. The van der Waals surface area contributed by atoms with Gasteiger partial charge in [0.1, 0.15) is 0 Å². The molecule has 1 aromatic carbocycles. The average Bonchev–Trinajstić information content (AvgIpc) is 2.34. The van der Waals surface area contributed by atoms with Gasteiger partial charge in [-0.05, 0) is 19.1 Å². The summed E-state index contributed by atoms with van der Waals surface area (Å²) in [6.45, 7) is 4.43. The highest BCUT2D eigenvalue weighted by Gasteiger charge is 2.24. The van der Waals surface area contributed by atoms with E-state index in [4.69, 9.17) is 0 Å². The van der Waals surface area contributed by atoms with Crippen molar-refractivity contribution >= 4 is 24.0 Å². The van der Waals surface area contributed by atoms with Crippen LogP contribution in [0, 0.1) is 5.92 Å². The maximum absolute atomic E-state index is 11.7. The van der Waals surface area contributed by atoms with Crippen molar-refractivity contribution in [3.63, 3.8) is 0 Å². The first-order valence-electron chi connectivity index (χ1n) is 6.45. The maximum Gasteiger partial charge on any atom is 0.225 e. The van der Waals surface area contributed by atoms with Crippen molar-refractivity contribution in [3.05, 3.63) is 30.3 Å². The topological polar surface area (TPSA) is 44.4 Å². The van der Waals surface area contributed by atoms with Gasteiger partial charge in [-0.3, -0.25) is 4.79 Å². The van der Waals surface area contributed by atoms with Gasteiger partial charge in [-0.15, -0.1) is 12.4 Å². The maximum atomic E-state index is 11.7. The number of hydrogen-bond donors (Lipinski definition) is 2. The van der Waals surface area contributed by atoms with Crippen LogP contribution in [0.25, 0.3) is 0 Å². The highest BCUT2D eigenvalue weighted by Crippen LogP contribution is 2.13. The molecule has 19 heavy (non-hydrogen) atoms. The van der Waals surface area contributed by atoms with E-state index in [1.165, 1.54) is 5.69 Å². The van der Waals surface area contributed by atoms with Crippen LogP contribution in [0.3, 0.4) is 0 Å². The molecule has 0 radical (unpaired) electrons. The lowest BCUT2D eigenvalue weighted by Gasteiger charge is -2.30. The normalized spacial score (nSPS) is 15.9. The Kier molecular flexibility index (Phi) is 6.12. The summed E-state index contributed by atoms with van der Waals surface area (Å²) in [5, 5.41) is 6.12. The third-order valence-electron chi connectivity index (χ3n) is 3.55. The number of carbonyl (C=O) groups is 1. The number of amides is 1. The molecule has 0 spiro atoms. The summed E-state index contributed by atoms with van der Waals surface area (Å²) in [7, 11) is 2.05. The lowest BCUT2D eigenvalue weighted by atomic mass is 10.0. The van der Waals surface area contributed by atoms with Gasteiger partial charge in [0.2, 0.25) is 5.91 Å². The monoisotopic (exact) mass is 283 g/mol. The Morgan fingerprint density at radius 1 is 1.42 bits per heavy atom. The fourth-order valence-corrected chi connectivity index (χ4v) is 1.92. The van der Waals surface area contributed by atoms with E-state index in [9.17, 15) is 4.79 Å². The van der Waals surface area contributed by atoms with Crippen LogP contribution in [0.5, 0.6) is 0 Å². The van der Waals surface area contributed by atoms with Crippen LogP contribution in [0.15, 0.2) is 30.3 Å². The van der Waals surface area contributed by atoms with Gasteiger partial charge >= 0.3 is 0 Å². The predicted octanol–water partition coefficient (Wildman–Crippen LogP) is 1.27. The van der Waals surface area contributed by atoms with Gasteiger partial charge in [0.05, 0.1) is 5.92 Å². The lowest BCUT2D eigenvalue weighted by Crippen LogP contribution is -2.52. The molecular weight excluding hydrogens is 262 g/mol. The molecule has 5 heteroatoms. The minimum atomic E-state index is 0. The molecule has 1 fully saturated rings. The third-order valence-corrected chi connectivity index (χ3v) is 3.55. The SMILES string of the molecule is CC(CNC(=O)C1CNC1)N(C)c1ccccc1.Cl. The zero-order valence-corrected chi connectivity index (χ0v) is 12.2. The lowest BCUT2D eigenvalue weighted by molar-refractivity contribution is -0.126. The molecule has 1 unspecified atom stereocenters. The number of carbonyl (C=O) groups excluding carboxylic acids is 1. The minimum absolute atomic E-state index is 0. The van der Waals surface area contributed by atoms with Crippen molar-refractivity contribution in [1.82, 2.24) is 10.6 Å². The second-order valence-electron chi connectivity index (χ2n) is 4.90. The Hall–Kier alpha value is -1.26. The number of rotatable bonds is 5. The smallest absolute Gasteiger partial charge is 0.225 e. The molecule has 1 atom stereocenters. The van der Waals surface area contributed by atoms with E-state index in [0.29, 0.717) is 6.54 Å². The molecule has 2 rings (SSSR count). The van der Waals surface area contributed by atoms with E-state index in [0.717, 1.165) is 13.1 Å². The highest BCUT2D eigenvalue weighted by molar-refractivity contribution is 5.85. The standard InChI is InChI=1S/C14H21N3O.ClH/c1-11(8-16-14(18)12-9-15-10-12)17(2)13-6-4-3-5-7-13;/h3-7,11-12,15H,8-10H2,1-2H3,(H,16,18);1H. The molecule has 1 aromatic rings. The molecule has 1 amide bonds. The van der Waals surface area contributed by atoms with Crippen LogP contribution >= 0.6 is 12.4 Å². The van der Waals surface area contributed by atoms with Gasteiger partial charge in [-0.2, -0.15) is 0 Å². The number of likely N-dealkylation sites (N-methyl/N-ethyl adjacent to an activating group) is 1. The predicted molar refractivity (Wildman–Crippen MR) is 80.9 cm³/mol. The van der Waals surface area contributed by atoms with Crippen LogP contribution in [-0.2, 0) is 4.79 Å². The van der Waals surface area contributed by atoms with Crippen molar-refractivity contribution < 1.29 is 4.79 Å². The first-order chi connectivity index (χ1) is 8.68. The molecule has 0 aromatic heterocycles. The summed E-state index contributed by atoms with van der Waals surface area (Å²) >= 11 is 0. The van der Waals surface area contributed by atoms with Gasteiger partial charge < -0.3 is 15.5 Å². The molecule has 1 aliphatic heterocycles. The van der Waals surface area contributed by atoms with E-state index in [2.05, 4.69) is 41.6 Å². The van der Waals surface area contributed by atoms with E-state index in [1.807, 2.05) is 18.2 Å². The van der Waals surface area contributed by atoms with Crippen molar-refractivity contribution in [1.29, 1.82) is 0 Å². The Morgan fingerprint density at radius 3 is 2.58 bits per heavy atom. The largest absolute Gasteiger partial charge is 0.370 e. The Bertz CT molecular complexity index is 395. The van der Waals surface area contributed by atoms with Gasteiger partial charge in [-0.25, -0.2) is 0 Å². The summed E-state index contributed by atoms with van der Waals surface area (Å²) in [5.41, 5.74) is 1.17. The van der Waals surface area contributed by atoms with Gasteiger partial charge in [-0.1, -0.05) is 18.2 Å². The number of hydrogen-bond acceptors (Lipinski definition) is 3. The molecular formula is C14H22ClN3O. The summed E-state index contributed by atoms with van der Waals surface area (Å²) < 4.78 is 0. The number of nitrogens with one attached hydrogen (secondary N) is 2. The van der Waals surface area contributed by atoms with Crippen molar-refractivity contribution in [2.45, 2.75) is 13.0 Å². The molecule has 4 nitrogen and oxygen atoms in total. The fourth-order valence-electron chi connectivity index (χ4n) is 1.92. The second-order valence-corrected chi connectivity index (χ2v) is 4.90. The minimum Gasteiger partial charge on any atom is -0.370 e. The Morgan fingerprint density at radius 2 is 2.05 bits per heavy atom. The molecule has 1 heterocycles. The van der Waals surface area contributed by atoms with Crippen LogP contribution in [0.2, 0.25) is 0 Å². The zero-order chi connectivity index (χ0) is 13.0. The van der Waals surface area contributed by atoms with Crippen LogP contribution in [-0.4, -0.2) is 38.6 Å². The number of nitrogens with zero attached hydrogens (tertiary/aromatic N) is 1. The summed E-state index contributed by atoms with van der Waals surface area (Å²) in [5.74, 6) is 0.335. The highest BCUT2D eigenvalue weighted by atomic mass is 35.5. The van der Waals surface area contributed by atoms with Crippen molar-refractivity contribution in [2.75, 3.05) is 31.6 Å². The first-order valence-corrected chi connectivity index (χ1v) is 6.45. The second kappa shape index (κ2) is 7.36. The number of benzene rings is 1. The van der Waals surface area contributed by atoms with Crippen LogP contribution in [0.4, 0.5) is 5.69 Å².